The molecule has 1 aliphatic rings. The maximum Gasteiger partial charge on any atom is 0.165 e. The largest absolute Gasteiger partial charge is 0.490 e. The first kappa shape index (κ1) is 10.2. The van der Waals surface area contributed by atoms with Gasteiger partial charge in [0.25, 0.3) is 0 Å². The molecule has 0 saturated heterocycles. The number of aliphatic hydroxyl groups excluding tert-OH is 1. The third-order valence-electron chi connectivity index (χ3n) is 2.34. The molecule has 0 aromatic heterocycles. The molecule has 0 amide bonds. The summed E-state index contributed by atoms with van der Waals surface area (Å²) in [6, 6.07) is 7.11. The summed E-state index contributed by atoms with van der Waals surface area (Å²) < 4.78 is 5.56. The minimum Gasteiger partial charge on any atom is -0.490 e. The van der Waals surface area contributed by atoms with E-state index in [1.54, 1.807) is 12.1 Å². The van der Waals surface area contributed by atoms with Gasteiger partial charge in [-0.25, -0.2) is 0 Å². The quantitative estimate of drug-likeness (QED) is 0.747. The number of ether oxygens (including phenoxy) is 1. The number of hydrogen-bond donors (Lipinski definition) is 1. The third kappa shape index (κ3) is 2.80. The lowest BCUT2D eigenvalue weighted by Crippen LogP contribution is -2.02. The molecule has 1 fully saturated rings. The zero-order valence-corrected chi connectivity index (χ0v) is 8.48. The van der Waals surface area contributed by atoms with Gasteiger partial charge in [0.2, 0.25) is 0 Å². The van der Waals surface area contributed by atoms with Crippen molar-refractivity contribution < 1.29 is 14.6 Å². The van der Waals surface area contributed by atoms with Gasteiger partial charge in [-0.2, -0.15) is 0 Å². The second-order valence-corrected chi connectivity index (χ2v) is 3.74. The highest BCUT2D eigenvalue weighted by Gasteiger charge is 2.23. The molecule has 1 aliphatic carbocycles. The summed E-state index contributed by atoms with van der Waals surface area (Å²) in [5, 5.41) is 8.63. The van der Waals surface area contributed by atoms with Crippen LogP contribution in [-0.4, -0.2) is 23.6 Å². The lowest BCUT2D eigenvalue weighted by atomic mass is 10.1. The molecule has 15 heavy (non-hydrogen) atoms. The van der Waals surface area contributed by atoms with Crippen LogP contribution in [-0.2, 0) is 0 Å². The molecule has 0 radical (unpaired) electrons. The molecule has 0 unspecified atom stereocenters. The summed E-state index contributed by atoms with van der Waals surface area (Å²) in [6.07, 6.45) is 2.82. The summed E-state index contributed by atoms with van der Waals surface area (Å²) in [6.45, 7) is -0.0981. The maximum atomic E-state index is 11.4. The number of aliphatic hydroxyl groups is 1. The van der Waals surface area contributed by atoms with Crippen LogP contribution in [0, 0.1) is 0 Å². The first-order valence-electron chi connectivity index (χ1n) is 5.20. The Morgan fingerprint density at radius 3 is 2.53 bits per heavy atom. The van der Waals surface area contributed by atoms with Crippen LogP contribution in [0.5, 0.6) is 5.75 Å². The molecule has 3 heteroatoms. The van der Waals surface area contributed by atoms with Crippen molar-refractivity contribution in [1.29, 1.82) is 0 Å². The number of ketones is 1. The van der Waals surface area contributed by atoms with Gasteiger partial charge in [0.15, 0.2) is 5.78 Å². The van der Waals surface area contributed by atoms with E-state index in [0.29, 0.717) is 11.7 Å². The lowest BCUT2D eigenvalue weighted by molar-refractivity contribution is 0.0956. The number of rotatable bonds is 5. The van der Waals surface area contributed by atoms with E-state index in [-0.39, 0.29) is 18.8 Å². The molecule has 80 valence electrons. The van der Waals surface area contributed by atoms with E-state index in [0.717, 1.165) is 18.6 Å². The van der Waals surface area contributed by atoms with Crippen LogP contribution in [0.3, 0.4) is 0 Å². The van der Waals surface area contributed by atoms with Gasteiger partial charge in [-0.05, 0) is 37.1 Å². The Morgan fingerprint density at radius 1 is 1.33 bits per heavy atom. The Balaban J connectivity index is 1.99. The maximum absolute atomic E-state index is 11.4. The Hall–Kier alpha value is -1.35. The van der Waals surface area contributed by atoms with Gasteiger partial charge in [-0.1, -0.05) is 0 Å². The lowest BCUT2D eigenvalue weighted by Gasteiger charge is -2.04. The van der Waals surface area contributed by atoms with Crippen LogP contribution >= 0.6 is 0 Å². The van der Waals surface area contributed by atoms with Crippen LogP contribution in [0.2, 0.25) is 0 Å². The standard InChI is InChI=1S/C12H14O3/c13-8-7-12(14)9-1-3-10(4-2-9)15-11-5-6-11/h1-4,11,13H,5-8H2. The smallest absolute Gasteiger partial charge is 0.165 e. The predicted octanol–water partition coefficient (Wildman–Crippen LogP) is 1.79. The Bertz CT molecular complexity index is 338. The van der Waals surface area contributed by atoms with E-state index in [1.165, 1.54) is 0 Å². The average molecular weight is 206 g/mol. The van der Waals surface area contributed by atoms with Crippen LogP contribution in [0.25, 0.3) is 0 Å². The number of carbonyl (C=O) groups excluding carboxylic acids is 1. The van der Waals surface area contributed by atoms with E-state index >= 15 is 0 Å². The van der Waals surface area contributed by atoms with Crippen molar-refractivity contribution >= 4 is 5.78 Å². The van der Waals surface area contributed by atoms with E-state index in [4.69, 9.17) is 9.84 Å². The van der Waals surface area contributed by atoms with Crippen LogP contribution < -0.4 is 4.74 Å². The number of hydrogen-bond acceptors (Lipinski definition) is 3. The van der Waals surface area contributed by atoms with Gasteiger partial charge in [0.1, 0.15) is 5.75 Å². The summed E-state index contributed by atoms with van der Waals surface area (Å²) in [5.74, 6) is 0.786. The molecule has 1 aromatic rings. The van der Waals surface area contributed by atoms with Crippen LogP contribution in [0.4, 0.5) is 0 Å². The van der Waals surface area contributed by atoms with Crippen molar-refractivity contribution in [2.45, 2.75) is 25.4 Å². The molecule has 0 bridgehead atoms. The van der Waals surface area contributed by atoms with Gasteiger partial charge in [0.05, 0.1) is 12.7 Å². The summed E-state index contributed by atoms with van der Waals surface area (Å²) in [5.41, 5.74) is 0.632. The van der Waals surface area contributed by atoms with E-state index in [9.17, 15) is 4.79 Å². The third-order valence-corrected chi connectivity index (χ3v) is 2.34. The summed E-state index contributed by atoms with van der Waals surface area (Å²) in [4.78, 5) is 11.4. The van der Waals surface area contributed by atoms with E-state index in [1.807, 2.05) is 12.1 Å². The van der Waals surface area contributed by atoms with Gasteiger partial charge in [-0.15, -0.1) is 0 Å². The topological polar surface area (TPSA) is 46.5 Å². The van der Waals surface area contributed by atoms with Crippen LogP contribution in [0.1, 0.15) is 29.6 Å². The summed E-state index contributed by atoms with van der Waals surface area (Å²) in [7, 11) is 0. The van der Waals surface area contributed by atoms with Gasteiger partial charge < -0.3 is 9.84 Å². The van der Waals surface area contributed by atoms with Crippen molar-refractivity contribution in [3.8, 4) is 5.75 Å². The first-order valence-corrected chi connectivity index (χ1v) is 5.20. The van der Waals surface area contributed by atoms with E-state index in [2.05, 4.69) is 0 Å². The second kappa shape index (κ2) is 4.45. The highest BCUT2D eigenvalue weighted by Crippen LogP contribution is 2.26. The van der Waals surface area contributed by atoms with Gasteiger partial charge in [-0.3, -0.25) is 4.79 Å². The zero-order valence-electron chi connectivity index (χ0n) is 8.48. The normalized spacial score (nSPS) is 15.0. The minimum absolute atomic E-state index is 0.0320. The Labute approximate surface area is 88.7 Å². The molecular weight excluding hydrogens is 192 g/mol. The molecule has 1 aromatic carbocycles. The number of carbonyl (C=O) groups is 1. The minimum atomic E-state index is -0.0981. The van der Waals surface area contributed by atoms with Crippen molar-refractivity contribution in [2.24, 2.45) is 0 Å². The van der Waals surface area contributed by atoms with Crippen molar-refractivity contribution in [3.05, 3.63) is 29.8 Å². The first-order chi connectivity index (χ1) is 7.29. The van der Waals surface area contributed by atoms with Crippen molar-refractivity contribution in [2.75, 3.05) is 6.61 Å². The van der Waals surface area contributed by atoms with Crippen LogP contribution in [0.15, 0.2) is 24.3 Å². The molecule has 0 aliphatic heterocycles. The van der Waals surface area contributed by atoms with Gasteiger partial charge >= 0.3 is 0 Å². The fourth-order valence-electron chi connectivity index (χ4n) is 1.34. The SMILES string of the molecule is O=C(CCO)c1ccc(OC2CC2)cc1. The van der Waals surface area contributed by atoms with E-state index < -0.39 is 0 Å². The molecule has 0 atom stereocenters. The molecule has 2 rings (SSSR count). The Kier molecular flexibility index (Phi) is 3.02. The molecular formula is C12H14O3. The predicted molar refractivity (Wildman–Crippen MR) is 56.1 cm³/mol. The summed E-state index contributed by atoms with van der Waals surface area (Å²) >= 11 is 0. The fourth-order valence-corrected chi connectivity index (χ4v) is 1.34. The molecule has 1 saturated carbocycles. The second-order valence-electron chi connectivity index (χ2n) is 3.74. The van der Waals surface area contributed by atoms with Crippen molar-refractivity contribution in [1.82, 2.24) is 0 Å². The zero-order chi connectivity index (χ0) is 10.7. The Morgan fingerprint density at radius 2 is 2.00 bits per heavy atom. The highest BCUT2D eigenvalue weighted by molar-refractivity contribution is 5.96. The molecule has 0 spiro atoms. The fraction of sp³-hybridized carbons (Fsp3) is 0.417. The highest BCUT2D eigenvalue weighted by atomic mass is 16.5. The molecule has 3 nitrogen and oxygen atoms in total. The van der Waals surface area contributed by atoms with Crippen molar-refractivity contribution in [3.63, 3.8) is 0 Å². The number of benzene rings is 1. The molecule has 0 heterocycles. The molecule has 1 N–H and O–H groups in total. The average Bonchev–Trinajstić information content (AvgIpc) is 3.03. The van der Waals surface area contributed by atoms with Gasteiger partial charge in [0, 0.05) is 12.0 Å². The monoisotopic (exact) mass is 206 g/mol. The number of Topliss-reactive ketones (excluding diaryl/α,β-unsaturated/α-hetero) is 1.